The minimum Gasteiger partial charge on any atom is -0.491 e. The van der Waals surface area contributed by atoms with Crippen LogP contribution in [0.3, 0.4) is 0 Å². The number of hydrogen-bond acceptors (Lipinski definition) is 5. The van der Waals surface area contributed by atoms with E-state index in [1.165, 1.54) is 0 Å². The van der Waals surface area contributed by atoms with E-state index in [4.69, 9.17) is 10.5 Å². The first-order valence-corrected chi connectivity index (χ1v) is 9.33. The molecule has 144 valence electrons. The van der Waals surface area contributed by atoms with Crippen LogP contribution in [-0.4, -0.2) is 50.1 Å². The number of nitrogen functional groups attached to an aromatic ring is 1. The summed E-state index contributed by atoms with van der Waals surface area (Å²) in [6.07, 6.45) is 0.100. The fourth-order valence-electron chi connectivity index (χ4n) is 3.13. The number of piperazine rings is 1. The quantitative estimate of drug-likeness (QED) is 0.794. The van der Waals surface area contributed by atoms with Gasteiger partial charge < -0.3 is 25.6 Å². The number of carbonyl (C=O) groups excluding carboxylic acids is 1. The van der Waals surface area contributed by atoms with Gasteiger partial charge in [0.1, 0.15) is 5.75 Å². The molecule has 0 aromatic heterocycles. The van der Waals surface area contributed by atoms with Crippen LogP contribution in [0.5, 0.6) is 5.75 Å². The van der Waals surface area contributed by atoms with Gasteiger partial charge in [0, 0.05) is 37.4 Å². The average molecular weight is 368 g/mol. The lowest BCUT2D eigenvalue weighted by Gasteiger charge is -2.35. The Labute approximate surface area is 160 Å². The molecular weight excluding hydrogens is 340 g/mol. The van der Waals surface area contributed by atoms with Gasteiger partial charge in [-0.3, -0.25) is 4.79 Å². The Morgan fingerprint density at radius 3 is 2.37 bits per heavy atom. The summed E-state index contributed by atoms with van der Waals surface area (Å²) in [6.45, 7) is 7.78. The summed E-state index contributed by atoms with van der Waals surface area (Å²) in [5.41, 5.74) is 8.92. The first-order chi connectivity index (χ1) is 12.9. The maximum atomic E-state index is 12.7. The van der Waals surface area contributed by atoms with E-state index in [0.29, 0.717) is 11.3 Å². The van der Waals surface area contributed by atoms with Gasteiger partial charge in [-0.1, -0.05) is 0 Å². The zero-order valence-electron chi connectivity index (χ0n) is 16.2. The topological polar surface area (TPSA) is 70.8 Å². The number of hydrogen-bond donors (Lipinski definition) is 2. The van der Waals surface area contributed by atoms with E-state index >= 15 is 0 Å². The van der Waals surface area contributed by atoms with Crippen molar-refractivity contribution in [1.29, 1.82) is 0 Å². The van der Waals surface area contributed by atoms with Crippen molar-refractivity contribution in [2.75, 3.05) is 49.2 Å². The summed E-state index contributed by atoms with van der Waals surface area (Å²) in [5, 5.41) is 3.02. The zero-order valence-corrected chi connectivity index (χ0v) is 16.2. The highest BCUT2D eigenvalue weighted by atomic mass is 16.5. The van der Waals surface area contributed by atoms with Crippen molar-refractivity contribution < 1.29 is 9.53 Å². The Kier molecular flexibility index (Phi) is 5.86. The standard InChI is InChI=1S/C21H28N4O2/c1-15(2)27-18-7-4-16(5-8-18)21(26)23-19-14-17(22)6-9-20(19)25-12-10-24(3)11-13-25/h4-9,14-15H,10-13,22H2,1-3H3,(H,23,26). The van der Waals surface area contributed by atoms with Crippen molar-refractivity contribution in [2.45, 2.75) is 20.0 Å². The van der Waals surface area contributed by atoms with Crippen molar-refractivity contribution in [3.8, 4) is 5.75 Å². The van der Waals surface area contributed by atoms with Gasteiger partial charge in [0.2, 0.25) is 0 Å². The molecule has 1 aliphatic rings. The second-order valence-corrected chi connectivity index (χ2v) is 7.21. The van der Waals surface area contributed by atoms with E-state index in [0.717, 1.165) is 43.3 Å². The van der Waals surface area contributed by atoms with Gasteiger partial charge in [0.25, 0.3) is 5.91 Å². The smallest absolute Gasteiger partial charge is 0.255 e. The molecule has 0 saturated carbocycles. The minimum absolute atomic E-state index is 0.100. The van der Waals surface area contributed by atoms with Gasteiger partial charge in [-0.05, 0) is 63.4 Å². The normalized spacial score (nSPS) is 15.0. The monoisotopic (exact) mass is 368 g/mol. The van der Waals surface area contributed by atoms with Gasteiger partial charge in [0.05, 0.1) is 17.5 Å². The van der Waals surface area contributed by atoms with Crippen LogP contribution < -0.4 is 20.7 Å². The van der Waals surface area contributed by atoms with Crippen LogP contribution in [0.4, 0.5) is 17.1 Å². The number of nitrogens with zero attached hydrogens (tertiary/aromatic N) is 2. The molecule has 0 aliphatic carbocycles. The summed E-state index contributed by atoms with van der Waals surface area (Å²) < 4.78 is 5.63. The molecule has 27 heavy (non-hydrogen) atoms. The number of rotatable bonds is 5. The molecule has 0 spiro atoms. The van der Waals surface area contributed by atoms with E-state index < -0.39 is 0 Å². The van der Waals surface area contributed by atoms with Gasteiger partial charge in [0.15, 0.2) is 0 Å². The number of benzene rings is 2. The molecule has 6 nitrogen and oxygen atoms in total. The summed E-state index contributed by atoms with van der Waals surface area (Å²) >= 11 is 0. The Morgan fingerprint density at radius 2 is 1.74 bits per heavy atom. The van der Waals surface area contributed by atoms with Gasteiger partial charge in [-0.15, -0.1) is 0 Å². The fraction of sp³-hybridized carbons (Fsp3) is 0.381. The Balaban J connectivity index is 1.76. The molecular formula is C21H28N4O2. The molecule has 0 atom stereocenters. The predicted molar refractivity (Wildman–Crippen MR) is 111 cm³/mol. The summed E-state index contributed by atoms with van der Waals surface area (Å²) in [6, 6.07) is 12.9. The molecule has 1 aliphatic heterocycles. The third-order valence-corrected chi connectivity index (χ3v) is 4.60. The maximum absolute atomic E-state index is 12.7. The highest BCUT2D eigenvalue weighted by Crippen LogP contribution is 2.29. The lowest BCUT2D eigenvalue weighted by atomic mass is 10.1. The van der Waals surface area contributed by atoms with Gasteiger partial charge in [-0.2, -0.15) is 0 Å². The number of carbonyl (C=O) groups is 1. The highest BCUT2D eigenvalue weighted by molar-refractivity contribution is 6.06. The number of nitrogens with two attached hydrogens (primary N) is 1. The van der Waals surface area contributed by atoms with Crippen molar-refractivity contribution in [3.05, 3.63) is 48.0 Å². The zero-order chi connectivity index (χ0) is 19.4. The molecule has 0 unspecified atom stereocenters. The van der Waals surface area contributed by atoms with Crippen LogP contribution in [0.15, 0.2) is 42.5 Å². The summed E-state index contributed by atoms with van der Waals surface area (Å²) in [4.78, 5) is 17.3. The van der Waals surface area contributed by atoms with Gasteiger partial charge >= 0.3 is 0 Å². The maximum Gasteiger partial charge on any atom is 0.255 e. The third-order valence-electron chi connectivity index (χ3n) is 4.60. The van der Waals surface area contributed by atoms with E-state index in [1.54, 1.807) is 12.1 Å². The van der Waals surface area contributed by atoms with Gasteiger partial charge in [-0.25, -0.2) is 0 Å². The second-order valence-electron chi connectivity index (χ2n) is 7.21. The molecule has 2 aromatic rings. The Bertz CT molecular complexity index is 781. The van der Waals surface area contributed by atoms with E-state index in [9.17, 15) is 4.79 Å². The molecule has 0 bridgehead atoms. The third kappa shape index (κ3) is 4.92. The number of ether oxygens (including phenoxy) is 1. The average Bonchev–Trinajstić information content (AvgIpc) is 2.63. The fourth-order valence-corrected chi connectivity index (χ4v) is 3.13. The first kappa shape index (κ1) is 19.0. The van der Waals surface area contributed by atoms with E-state index in [1.807, 2.05) is 44.2 Å². The molecule has 1 amide bonds. The highest BCUT2D eigenvalue weighted by Gasteiger charge is 2.18. The van der Waals surface area contributed by atoms with E-state index in [-0.39, 0.29) is 12.0 Å². The van der Waals surface area contributed by atoms with Crippen molar-refractivity contribution in [1.82, 2.24) is 4.90 Å². The Hall–Kier alpha value is -2.73. The van der Waals surface area contributed by atoms with Crippen LogP contribution in [0, 0.1) is 0 Å². The lowest BCUT2D eigenvalue weighted by molar-refractivity contribution is 0.102. The molecule has 2 aromatic carbocycles. The van der Waals surface area contributed by atoms with Crippen LogP contribution in [0.25, 0.3) is 0 Å². The van der Waals surface area contributed by atoms with Crippen molar-refractivity contribution in [2.24, 2.45) is 0 Å². The first-order valence-electron chi connectivity index (χ1n) is 9.33. The van der Waals surface area contributed by atoms with E-state index in [2.05, 4.69) is 22.2 Å². The van der Waals surface area contributed by atoms with Crippen LogP contribution in [-0.2, 0) is 0 Å². The van der Waals surface area contributed by atoms with Crippen LogP contribution in [0.1, 0.15) is 24.2 Å². The second kappa shape index (κ2) is 8.31. The van der Waals surface area contributed by atoms with Crippen molar-refractivity contribution in [3.63, 3.8) is 0 Å². The number of likely N-dealkylation sites (N-methyl/N-ethyl adjacent to an activating group) is 1. The molecule has 6 heteroatoms. The Morgan fingerprint density at radius 1 is 1.07 bits per heavy atom. The van der Waals surface area contributed by atoms with Crippen LogP contribution in [0.2, 0.25) is 0 Å². The largest absolute Gasteiger partial charge is 0.491 e. The number of nitrogens with one attached hydrogen (secondary N) is 1. The molecule has 1 saturated heterocycles. The molecule has 1 fully saturated rings. The van der Waals surface area contributed by atoms with Crippen molar-refractivity contribution >= 4 is 23.0 Å². The molecule has 3 N–H and O–H groups in total. The summed E-state index contributed by atoms with van der Waals surface area (Å²) in [7, 11) is 2.12. The predicted octanol–water partition coefficient (Wildman–Crippen LogP) is 3.06. The minimum atomic E-state index is -0.160. The number of amides is 1. The SMILES string of the molecule is CC(C)Oc1ccc(C(=O)Nc2cc(N)ccc2N2CCN(C)CC2)cc1. The number of anilines is 3. The van der Waals surface area contributed by atoms with Crippen LogP contribution >= 0.6 is 0 Å². The molecule has 1 heterocycles. The molecule has 3 rings (SSSR count). The molecule has 0 radical (unpaired) electrons. The summed E-state index contributed by atoms with van der Waals surface area (Å²) in [5.74, 6) is 0.593. The lowest BCUT2D eigenvalue weighted by Crippen LogP contribution is -2.44.